The Morgan fingerprint density at radius 2 is 1.64 bits per heavy atom. The molecule has 2 aliphatic heterocycles. The highest BCUT2D eigenvalue weighted by atomic mass is 35.5. The van der Waals surface area contributed by atoms with Gasteiger partial charge in [0, 0.05) is 31.2 Å². The van der Waals surface area contributed by atoms with Crippen molar-refractivity contribution < 1.29 is 24.2 Å². The van der Waals surface area contributed by atoms with Gasteiger partial charge in [-0.15, -0.1) is 0 Å². The molecule has 2 unspecified atom stereocenters. The van der Waals surface area contributed by atoms with Crippen molar-refractivity contribution in [2.75, 3.05) is 26.7 Å². The third-order valence-corrected chi connectivity index (χ3v) is 6.92. The second kappa shape index (κ2) is 10.4. The normalized spacial score (nSPS) is 21.9. The van der Waals surface area contributed by atoms with Gasteiger partial charge in [0.1, 0.15) is 17.8 Å². The Labute approximate surface area is 217 Å². The van der Waals surface area contributed by atoms with E-state index < -0.39 is 17.6 Å². The van der Waals surface area contributed by atoms with Gasteiger partial charge in [-0.05, 0) is 62.6 Å². The molecular formula is C27H34ClN3O5. The number of hydrogen-bond donors (Lipinski definition) is 1. The lowest BCUT2D eigenvalue weighted by Gasteiger charge is -2.47. The summed E-state index contributed by atoms with van der Waals surface area (Å²) in [4.78, 5) is 32.6. The van der Waals surface area contributed by atoms with E-state index in [1.807, 2.05) is 57.2 Å². The number of hydrogen-bond acceptors (Lipinski definition) is 6. The number of benzene rings is 2. The number of nitrogens with zero attached hydrogens (tertiary/aromatic N) is 3. The first-order valence-corrected chi connectivity index (χ1v) is 12.5. The van der Waals surface area contributed by atoms with E-state index >= 15 is 0 Å². The van der Waals surface area contributed by atoms with E-state index in [1.165, 1.54) is 0 Å². The van der Waals surface area contributed by atoms with Crippen molar-refractivity contribution in [2.45, 2.75) is 57.8 Å². The highest BCUT2D eigenvalue weighted by Crippen LogP contribution is 2.37. The van der Waals surface area contributed by atoms with Crippen LogP contribution in [0.4, 0.5) is 0 Å². The van der Waals surface area contributed by atoms with Crippen molar-refractivity contribution in [1.29, 1.82) is 0 Å². The number of carbonyl (C=O) groups excluding carboxylic acids is 2. The lowest BCUT2D eigenvalue weighted by molar-refractivity contribution is -0.236. The van der Waals surface area contributed by atoms with Crippen LogP contribution in [0.15, 0.2) is 48.5 Å². The van der Waals surface area contributed by atoms with Gasteiger partial charge in [-0.3, -0.25) is 14.5 Å². The SMILES string of the molecule is COc1ccc(CN2CC(=O)N(Cc3ccc(Cl)cc3)C3(CCN(C(O)OC(C)(C)C)C3)C2=O)cc1. The van der Waals surface area contributed by atoms with Crippen LogP contribution in [-0.2, 0) is 27.4 Å². The topological polar surface area (TPSA) is 82.6 Å². The number of ether oxygens (including phenoxy) is 2. The minimum atomic E-state index is -1.18. The molecule has 9 heteroatoms. The number of rotatable bonds is 7. The third-order valence-electron chi connectivity index (χ3n) is 6.66. The highest BCUT2D eigenvalue weighted by Gasteiger charge is 2.56. The molecule has 2 heterocycles. The van der Waals surface area contributed by atoms with Crippen LogP contribution in [0.2, 0.25) is 5.02 Å². The second-order valence-corrected chi connectivity index (χ2v) is 10.9. The summed E-state index contributed by atoms with van der Waals surface area (Å²) in [5, 5.41) is 11.4. The number of aliphatic hydroxyl groups is 1. The molecule has 4 rings (SSSR count). The smallest absolute Gasteiger partial charge is 0.250 e. The van der Waals surface area contributed by atoms with Crippen LogP contribution in [0.3, 0.4) is 0 Å². The molecule has 0 saturated carbocycles. The monoisotopic (exact) mass is 515 g/mol. The number of methoxy groups -OCH3 is 1. The molecule has 8 nitrogen and oxygen atoms in total. The van der Waals surface area contributed by atoms with Crippen molar-refractivity contribution in [2.24, 2.45) is 0 Å². The van der Waals surface area contributed by atoms with Crippen LogP contribution in [0.1, 0.15) is 38.3 Å². The quantitative estimate of drug-likeness (QED) is 0.570. The zero-order valence-corrected chi connectivity index (χ0v) is 22.0. The van der Waals surface area contributed by atoms with Crippen molar-refractivity contribution in [3.05, 3.63) is 64.7 Å². The summed E-state index contributed by atoms with van der Waals surface area (Å²) >= 11 is 6.05. The molecule has 2 amide bonds. The Balaban J connectivity index is 1.62. The summed E-state index contributed by atoms with van der Waals surface area (Å²) in [7, 11) is 1.60. The molecule has 2 atom stereocenters. The second-order valence-electron chi connectivity index (χ2n) is 10.4. The van der Waals surface area contributed by atoms with Crippen LogP contribution in [0, 0.1) is 0 Å². The van der Waals surface area contributed by atoms with Gasteiger partial charge in [-0.2, -0.15) is 0 Å². The van der Waals surface area contributed by atoms with E-state index in [0.717, 1.165) is 16.9 Å². The Morgan fingerprint density at radius 3 is 2.25 bits per heavy atom. The van der Waals surface area contributed by atoms with Crippen molar-refractivity contribution in [1.82, 2.24) is 14.7 Å². The molecule has 1 spiro atoms. The van der Waals surface area contributed by atoms with Crippen LogP contribution < -0.4 is 4.74 Å². The maximum Gasteiger partial charge on any atom is 0.250 e. The molecule has 1 N–H and O–H groups in total. The van der Waals surface area contributed by atoms with Crippen molar-refractivity contribution in [3.8, 4) is 5.75 Å². The summed E-state index contributed by atoms with van der Waals surface area (Å²) in [5.41, 5.74) is 0.118. The van der Waals surface area contributed by atoms with Gasteiger partial charge >= 0.3 is 0 Å². The van der Waals surface area contributed by atoms with Crippen LogP contribution in [0.25, 0.3) is 0 Å². The van der Waals surface area contributed by atoms with E-state index in [1.54, 1.807) is 33.9 Å². The lowest BCUT2D eigenvalue weighted by Crippen LogP contribution is -2.68. The number of aliphatic hydroxyl groups excluding tert-OH is 1. The minimum absolute atomic E-state index is 0.0127. The highest BCUT2D eigenvalue weighted by molar-refractivity contribution is 6.30. The molecule has 2 aromatic rings. The Morgan fingerprint density at radius 1 is 1.03 bits per heavy atom. The Kier molecular flexibility index (Phi) is 7.61. The molecule has 2 fully saturated rings. The average Bonchev–Trinajstić information content (AvgIpc) is 3.27. The third kappa shape index (κ3) is 5.67. The molecule has 2 saturated heterocycles. The number of amides is 2. The Bertz CT molecular complexity index is 1090. The summed E-state index contributed by atoms with van der Waals surface area (Å²) < 4.78 is 11.0. The van der Waals surface area contributed by atoms with E-state index in [0.29, 0.717) is 24.5 Å². The Hall–Kier alpha value is -2.65. The van der Waals surface area contributed by atoms with Gasteiger partial charge in [0.25, 0.3) is 5.91 Å². The number of carbonyl (C=O) groups is 2. The van der Waals surface area contributed by atoms with Gasteiger partial charge < -0.3 is 24.4 Å². The fourth-order valence-corrected chi connectivity index (χ4v) is 4.98. The molecule has 2 aliphatic rings. The summed E-state index contributed by atoms with van der Waals surface area (Å²) in [6.07, 6.45) is -0.781. The number of likely N-dealkylation sites (tertiary alicyclic amines) is 1. The molecule has 0 aromatic heterocycles. The largest absolute Gasteiger partial charge is 0.497 e. The van der Waals surface area contributed by atoms with Crippen molar-refractivity contribution >= 4 is 23.4 Å². The number of piperazine rings is 1. The standard InChI is InChI=1S/C27H34ClN3O5/c1-26(2,3)36-25(34)29-14-13-27(18-29)24(33)30(15-19-7-11-22(35-4)12-8-19)17-23(32)31(27)16-20-5-9-21(28)10-6-20/h5-12,25,34H,13-18H2,1-4H3. The van der Waals surface area contributed by atoms with Gasteiger partial charge in [0.15, 0.2) is 0 Å². The summed E-state index contributed by atoms with van der Waals surface area (Å²) in [5.74, 6) is 0.466. The van der Waals surface area contributed by atoms with E-state index in [2.05, 4.69) is 0 Å². The maximum absolute atomic E-state index is 14.1. The van der Waals surface area contributed by atoms with Gasteiger partial charge in [-0.1, -0.05) is 35.9 Å². The average molecular weight is 516 g/mol. The van der Waals surface area contributed by atoms with E-state index in [4.69, 9.17) is 21.1 Å². The zero-order valence-electron chi connectivity index (χ0n) is 21.2. The molecule has 194 valence electrons. The predicted molar refractivity (Wildman–Crippen MR) is 136 cm³/mol. The van der Waals surface area contributed by atoms with Crippen LogP contribution in [0.5, 0.6) is 5.75 Å². The molecule has 36 heavy (non-hydrogen) atoms. The minimum Gasteiger partial charge on any atom is -0.497 e. The lowest BCUT2D eigenvalue weighted by atomic mass is 9.90. The maximum atomic E-state index is 14.1. The summed E-state index contributed by atoms with van der Waals surface area (Å²) in [6, 6.07) is 14.7. The number of halogens is 1. The van der Waals surface area contributed by atoms with Gasteiger partial charge in [0.05, 0.1) is 12.7 Å². The molecular weight excluding hydrogens is 482 g/mol. The molecule has 0 aliphatic carbocycles. The summed E-state index contributed by atoms with van der Waals surface area (Å²) in [6.45, 7) is 6.77. The fourth-order valence-electron chi connectivity index (χ4n) is 4.86. The van der Waals surface area contributed by atoms with Crippen LogP contribution in [-0.4, -0.2) is 75.9 Å². The first kappa shape index (κ1) is 26.4. The first-order valence-electron chi connectivity index (χ1n) is 12.1. The van der Waals surface area contributed by atoms with E-state index in [9.17, 15) is 14.7 Å². The molecule has 2 aromatic carbocycles. The molecule has 0 bridgehead atoms. The van der Waals surface area contributed by atoms with E-state index in [-0.39, 0.29) is 31.4 Å². The van der Waals surface area contributed by atoms with Crippen molar-refractivity contribution in [3.63, 3.8) is 0 Å². The van der Waals surface area contributed by atoms with Crippen LogP contribution >= 0.6 is 11.6 Å². The van der Waals surface area contributed by atoms with Gasteiger partial charge in [0.2, 0.25) is 12.3 Å². The zero-order chi connectivity index (χ0) is 26.1. The molecule has 0 radical (unpaired) electrons. The first-order chi connectivity index (χ1) is 17.0. The fraction of sp³-hybridized carbons (Fsp3) is 0.481. The van der Waals surface area contributed by atoms with Gasteiger partial charge in [-0.25, -0.2) is 0 Å². The predicted octanol–water partition coefficient (Wildman–Crippen LogP) is 3.26.